The maximum absolute atomic E-state index is 8.39. The molecule has 0 radical (unpaired) electrons. The molecule has 2 nitrogen and oxygen atoms in total. The fraction of sp³-hybridized carbons (Fsp3) is 0.222. The zero-order chi connectivity index (χ0) is 8.27. The predicted molar refractivity (Wildman–Crippen MR) is 44.4 cm³/mol. The monoisotopic (exact) mass is 146 g/mol. The second-order valence-electron chi connectivity index (χ2n) is 2.48. The van der Waals surface area contributed by atoms with E-state index in [1.807, 2.05) is 30.3 Å². The van der Waals surface area contributed by atoms with E-state index in [-0.39, 0.29) is 0 Å². The Balaban J connectivity index is 2.71. The first kappa shape index (κ1) is 7.62. The Kier molecular flexibility index (Phi) is 2.12. The lowest BCUT2D eigenvalue weighted by Crippen LogP contribution is -2.13. The van der Waals surface area contributed by atoms with Crippen LogP contribution in [0, 0.1) is 11.3 Å². The molecule has 1 heterocycles. The number of hydrogen-bond donors (Lipinski definition) is 0. The SMILES string of the molecule is C=C1C=CN(CC#N)C=C1C. The van der Waals surface area contributed by atoms with E-state index >= 15 is 0 Å². The fourth-order valence-corrected chi connectivity index (χ4v) is 0.872. The summed E-state index contributed by atoms with van der Waals surface area (Å²) in [5, 5.41) is 8.39. The van der Waals surface area contributed by atoms with Crippen LogP contribution in [-0.4, -0.2) is 11.4 Å². The van der Waals surface area contributed by atoms with E-state index in [2.05, 4.69) is 12.6 Å². The van der Waals surface area contributed by atoms with Crippen LogP contribution in [0.1, 0.15) is 6.92 Å². The number of nitriles is 1. The zero-order valence-corrected chi connectivity index (χ0v) is 6.54. The van der Waals surface area contributed by atoms with Gasteiger partial charge in [-0.25, -0.2) is 0 Å². The van der Waals surface area contributed by atoms with Crippen LogP contribution in [-0.2, 0) is 0 Å². The summed E-state index contributed by atoms with van der Waals surface area (Å²) in [5.41, 5.74) is 2.13. The van der Waals surface area contributed by atoms with Crippen molar-refractivity contribution in [1.29, 1.82) is 5.26 Å². The van der Waals surface area contributed by atoms with E-state index in [9.17, 15) is 0 Å². The third-order valence-corrected chi connectivity index (χ3v) is 1.59. The first-order valence-electron chi connectivity index (χ1n) is 3.42. The average molecular weight is 146 g/mol. The Bertz CT molecular complexity index is 266. The van der Waals surface area contributed by atoms with Gasteiger partial charge in [0.05, 0.1) is 6.07 Å². The lowest BCUT2D eigenvalue weighted by molar-refractivity contribution is 0.561. The minimum Gasteiger partial charge on any atom is -0.340 e. The zero-order valence-electron chi connectivity index (χ0n) is 6.54. The maximum Gasteiger partial charge on any atom is 0.109 e. The van der Waals surface area contributed by atoms with Gasteiger partial charge in [0.25, 0.3) is 0 Å². The lowest BCUT2D eigenvalue weighted by Gasteiger charge is -2.17. The van der Waals surface area contributed by atoms with E-state index in [4.69, 9.17) is 5.26 Å². The smallest absolute Gasteiger partial charge is 0.109 e. The molecule has 0 N–H and O–H groups in total. The topological polar surface area (TPSA) is 27.0 Å². The van der Waals surface area contributed by atoms with Crippen molar-refractivity contribution in [3.05, 3.63) is 36.2 Å². The summed E-state index contributed by atoms with van der Waals surface area (Å²) in [6, 6.07) is 2.07. The first-order valence-corrected chi connectivity index (χ1v) is 3.42. The van der Waals surface area contributed by atoms with Crippen LogP contribution in [0.15, 0.2) is 36.2 Å². The molecule has 0 aliphatic carbocycles. The number of hydrogen-bond acceptors (Lipinski definition) is 2. The average Bonchev–Trinajstić information content (AvgIpc) is 1.98. The van der Waals surface area contributed by atoms with Crippen molar-refractivity contribution in [2.24, 2.45) is 0 Å². The highest BCUT2D eigenvalue weighted by atomic mass is 15.1. The summed E-state index contributed by atoms with van der Waals surface area (Å²) in [4.78, 5) is 1.84. The summed E-state index contributed by atoms with van der Waals surface area (Å²) in [7, 11) is 0. The van der Waals surface area contributed by atoms with Crippen molar-refractivity contribution in [1.82, 2.24) is 4.90 Å². The summed E-state index contributed by atoms with van der Waals surface area (Å²) in [6.07, 6.45) is 5.69. The second kappa shape index (κ2) is 3.07. The molecule has 0 spiro atoms. The van der Waals surface area contributed by atoms with Gasteiger partial charge in [-0.15, -0.1) is 0 Å². The largest absolute Gasteiger partial charge is 0.340 e. The molecule has 0 unspecified atom stereocenters. The lowest BCUT2D eigenvalue weighted by atomic mass is 10.1. The first-order chi connectivity index (χ1) is 5.24. The van der Waals surface area contributed by atoms with E-state index < -0.39 is 0 Å². The van der Waals surface area contributed by atoms with Gasteiger partial charge < -0.3 is 4.90 Å². The van der Waals surface area contributed by atoms with E-state index in [1.165, 1.54) is 0 Å². The molecular formula is C9H10N2. The molecule has 1 aliphatic heterocycles. The van der Waals surface area contributed by atoms with Crippen LogP contribution in [0.2, 0.25) is 0 Å². The molecule has 0 amide bonds. The molecule has 0 aromatic rings. The molecule has 0 atom stereocenters. The van der Waals surface area contributed by atoms with Crippen molar-refractivity contribution in [3.63, 3.8) is 0 Å². The Labute approximate surface area is 66.7 Å². The van der Waals surface area contributed by atoms with Crippen molar-refractivity contribution in [2.75, 3.05) is 6.54 Å². The molecule has 2 heteroatoms. The molecule has 1 rings (SSSR count). The Morgan fingerprint density at radius 2 is 2.45 bits per heavy atom. The van der Waals surface area contributed by atoms with Crippen molar-refractivity contribution in [2.45, 2.75) is 6.92 Å². The van der Waals surface area contributed by atoms with Crippen LogP contribution in [0.25, 0.3) is 0 Å². The fourth-order valence-electron chi connectivity index (χ4n) is 0.872. The van der Waals surface area contributed by atoms with Gasteiger partial charge in [0.2, 0.25) is 0 Å². The van der Waals surface area contributed by atoms with Gasteiger partial charge in [-0.05, 0) is 24.1 Å². The third-order valence-electron chi connectivity index (χ3n) is 1.59. The van der Waals surface area contributed by atoms with Gasteiger partial charge in [-0.2, -0.15) is 5.26 Å². The summed E-state index contributed by atoms with van der Waals surface area (Å²) in [6.45, 7) is 6.21. The van der Waals surface area contributed by atoms with E-state index in [0.29, 0.717) is 6.54 Å². The molecule has 0 fully saturated rings. The van der Waals surface area contributed by atoms with Crippen molar-refractivity contribution in [3.8, 4) is 6.07 Å². The minimum atomic E-state index is 0.404. The van der Waals surface area contributed by atoms with Crippen LogP contribution in [0.5, 0.6) is 0 Å². The number of allylic oxidation sites excluding steroid dienone is 3. The Morgan fingerprint density at radius 1 is 1.73 bits per heavy atom. The van der Waals surface area contributed by atoms with Gasteiger partial charge >= 0.3 is 0 Å². The highest BCUT2D eigenvalue weighted by molar-refractivity contribution is 5.38. The van der Waals surface area contributed by atoms with Crippen LogP contribution in [0.4, 0.5) is 0 Å². The molecule has 0 bridgehead atoms. The predicted octanol–water partition coefficient (Wildman–Crippen LogP) is 1.80. The van der Waals surface area contributed by atoms with Crippen molar-refractivity contribution < 1.29 is 0 Å². The molecule has 0 saturated heterocycles. The molecule has 0 saturated carbocycles. The summed E-state index contributed by atoms with van der Waals surface area (Å²) < 4.78 is 0. The highest BCUT2D eigenvalue weighted by Gasteiger charge is 2.02. The molecule has 56 valence electrons. The van der Waals surface area contributed by atoms with Gasteiger partial charge in [-0.1, -0.05) is 6.58 Å². The van der Waals surface area contributed by atoms with Gasteiger partial charge in [0.15, 0.2) is 0 Å². The molecule has 0 aromatic heterocycles. The van der Waals surface area contributed by atoms with E-state index in [0.717, 1.165) is 11.1 Å². The summed E-state index contributed by atoms with van der Waals surface area (Å²) in [5.74, 6) is 0. The Hall–Kier alpha value is -1.49. The Morgan fingerprint density at radius 3 is 3.00 bits per heavy atom. The van der Waals surface area contributed by atoms with Crippen molar-refractivity contribution >= 4 is 0 Å². The van der Waals surface area contributed by atoms with E-state index in [1.54, 1.807) is 0 Å². The standard InChI is InChI=1S/C9H10N2/c1-8-3-5-11(6-4-10)7-9(8)2/h3,5,7H,1,6H2,2H3. The van der Waals surface area contributed by atoms with Crippen LogP contribution in [0.3, 0.4) is 0 Å². The second-order valence-corrected chi connectivity index (χ2v) is 2.48. The quantitative estimate of drug-likeness (QED) is 0.527. The molecule has 0 aromatic carbocycles. The highest BCUT2D eigenvalue weighted by Crippen LogP contribution is 2.14. The number of rotatable bonds is 1. The van der Waals surface area contributed by atoms with Gasteiger partial charge in [-0.3, -0.25) is 0 Å². The van der Waals surface area contributed by atoms with Gasteiger partial charge in [0.1, 0.15) is 6.54 Å². The normalized spacial score (nSPS) is 16.2. The minimum absolute atomic E-state index is 0.404. The van der Waals surface area contributed by atoms with Gasteiger partial charge in [0, 0.05) is 12.4 Å². The van der Waals surface area contributed by atoms with Crippen LogP contribution >= 0.6 is 0 Å². The van der Waals surface area contributed by atoms with Crippen LogP contribution < -0.4 is 0 Å². The molecule has 1 aliphatic rings. The number of nitrogens with zero attached hydrogens (tertiary/aromatic N) is 2. The maximum atomic E-state index is 8.39. The molecule has 11 heavy (non-hydrogen) atoms. The molecular weight excluding hydrogens is 136 g/mol. The third kappa shape index (κ3) is 1.71. The summed E-state index contributed by atoms with van der Waals surface area (Å²) >= 11 is 0.